The van der Waals surface area contributed by atoms with Crippen molar-refractivity contribution in [3.05, 3.63) is 0 Å². The molecule has 1 fully saturated rings. The SMILES string of the molecule is COCCOCCOCCN(CC(N)=S)C1CCCC1. The summed E-state index contributed by atoms with van der Waals surface area (Å²) in [6.07, 6.45) is 5.13. The molecule has 5 nitrogen and oxygen atoms in total. The Bertz CT molecular complexity index is 261. The highest BCUT2D eigenvalue weighted by atomic mass is 32.1. The maximum atomic E-state index is 5.68. The van der Waals surface area contributed by atoms with Gasteiger partial charge in [-0.1, -0.05) is 25.1 Å². The van der Waals surface area contributed by atoms with Crippen LogP contribution in [0.5, 0.6) is 0 Å². The van der Waals surface area contributed by atoms with Gasteiger partial charge in [-0.05, 0) is 12.8 Å². The van der Waals surface area contributed by atoms with Gasteiger partial charge >= 0.3 is 0 Å². The maximum absolute atomic E-state index is 5.68. The Balaban J connectivity index is 2.07. The first kappa shape index (κ1) is 17.8. The van der Waals surface area contributed by atoms with Crippen LogP contribution in [0, 0.1) is 0 Å². The van der Waals surface area contributed by atoms with E-state index in [-0.39, 0.29) is 0 Å². The van der Waals surface area contributed by atoms with Gasteiger partial charge in [0.1, 0.15) is 0 Å². The minimum Gasteiger partial charge on any atom is -0.392 e. The summed E-state index contributed by atoms with van der Waals surface area (Å²) in [4.78, 5) is 2.93. The minimum atomic E-state index is 0.569. The predicted octanol–water partition coefficient (Wildman–Crippen LogP) is 1.20. The first-order valence-electron chi connectivity index (χ1n) is 7.41. The molecule has 0 aliphatic heterocycles. The summed E-state index contributed by atoms with van der Waals surface area (Å²) >= 11 is 5.03. The standard InChI is InChI=1S/C14H28N2O3S/c1-17-8-9-19-11-10-18-7-6-16(12-14(15)20)13-4-2-3-5-13/h13H,2-12H2,1H3,(H2,15,20). The van der Waals surface area contributed by atoms with Crippen LogP contribution in [-0.2, 0) is 14.2 Å². The third-order valence-corrected chi connectivity index (χ3v) is 3.66. The Morgan fingerprint density at radius 1 is 1.10 bits per heavy atom. The van der Waals surface area contributed by atoms with Gasteiger partial charge in [0.25, 0.3) is 0 Å². The molecule has 0 aromatic carbocycles. The van der Waals surface area contributed by atoms with Crippen LogP contribution >= 0.6 is 12.2 Å². The van der Waals surface area contributed by atoms with Crippen LogP contribution in [0.4, 0.5) is 0 Å². The molecule has 0 amide bonds. The molecule has 0 radical (unpaired) electrons. The number of thiocarbonyl (C=S) groups is 1. The highest BCUT2D eigenvalue weighted by Crippen LogP contribution is 2.23. The predicted molar refractivity (Wildman–Crippen MR) is 84.1 cm³/mol. The molecule has 0 spiro atoms. The number of methoxy groups -OCH3 is 1. The fourth-order valence-corrected chi connectivity index (χ4v) is 2.67. The molecule has 1 rings (SSSR count). The molecule has 1 aliphatic carbocycles. The highest BCUT2D eigenvalue weighted by molar-refractivity contribution is 7.80. The van der Waals surface area contributed by atoms with Gasteiger partial charge in [0.05, 0.1) is 38.0 Å². The van der Waals surface area contributed by atoms with E-state index in [4.69, 9.17) is 32.2 Å². The summed E-state index contributed by atoms with van der Waals surface area (Å²) in [7, 11) is 1.67. The van der Waals surface area contributed by atoms with Crippen molar-refractivity contribution in [1.82, 2.24) is 4.90 Å². The van der Waals surface area contributed by atoms with Crippen LogP contribution < -0.4 is 5.73 Å². The van der Waals surface area contributed by atoms with Gasteiger partial charge in [-0.25, -0.2) is 0 Å². The van der Waals surface area contributed by atoms with Crippen molar-refractivity contribution in [2.24, 2.45) is 5.73 Å². The third-order valence-electron chi connectivity index (χ3n) is 3.53. The Labute approximate surface area is 127 Å². The van der Waals surface area contributed by atoms with E-state index < -0.39 is 0 Å². The van der Waals surface area contributed by atoms with E-state index in [1.807, 2.05) is 0 Å². The number of hydrogen-bond donors (Lipinski definition) is 1. The lowest BCUT2D eigenvalue weighted by Gasteiger charge is -2.28. The van der Waals surface area contributed by atoms with Gasteiger partial charge in [-0.3, -0.25) is 4.90 Å². The Morgan fingerprint density at radius 3 is 2.30 bits per heavy atom. The van der Waals surface area contributed by atoms with Crippen molar-refractivity contribution in [2.75, 3.05) is 53.2 Å². The van der Waals surface area contributed by atoms with E-state index in [0.29, 0.717) is 50.6 Å². The number of nitrogens with zero attached hydrogens (tertiary/aromatic N) is 1. The summed E-state index contributed by atoms with van der Waals surface area (Å²) in [6.45, 7) is 4.77. The smallest absolute Gasteiger partial charge is 0.0870 e. The highest BCUT2D eigenvalue weighted by Gasteiger charge is 2.22. The summed E-state index contributed by atoms with van der Waals surface area (Å²) < 4.78 is 15.8. The van der Waals surface area contributed by atoms with Gasteiger partial charge in [0.2, 0.25) is 0 Å². The summed E-state index contributed by atoms with van der Waals surface area (Å²) in [5.74, 6) is 0. The molecule has 0 unspecified atom stereocenters. The Morgan fingerprint density at radius 2 is 1.70 bits per heavy atom. The number of nitrogens with two attached hydrogens (primary N) is 1. The van der Waals surface area contributed by atoms with Crippen molar-refractivity contribution < 1.29 is 14.2 Å². The quantitative estimate of drug-likeness (QED) is 0.432. The van der Waals surface area contributed by atoms with Crippen LogP contribution in [0.2, 0.25) is 0 Å². The lowest BCUT2D eigenvalue weighted by molar-refractivity contribution is 0.0179. The lowest BCUT2D eigenvalue weighted by Crippen LogP contribution is -2.41. The van der Waals surface area contributed by atoms with E-state index in [9.17, 15) is 0 Å². The molecule has 0 bridgehead atoms. The molecule has 2 N–H and O–H groups in total. The lowest BCUT2D eigenvalue weighted by atomic mass is 10.2. The van der Waals surface area contributed by atoms with Crippen LogP contribution in [0.25, 0.3) is 0 Å². The van der Waals surface area contributed by atoms with E-state index in [2.05, 4.69) is 4.90 Å². The van der Waals surface area contributed by atoms with E-state index in [1.165, 1.54) is 25.7 Å². The minimum absolute atomic E-state index is 0.569. The maximum Gasteiger partial charge on any atom is 0.0870 e. The largest absolute Gasteiger partial charge is 0.392 e. The van der Waals surface area contributed by atoms with Crippen LogP contribution in [0.15, 0.2) is 0 Å². The van der Waals surface area contributed by atoms with Gasteiger partial charge in [0.15, 0.2) is 0 Å². The molecule has 1 saturated carbocycles. The normalized spacial score (nSPS) is 16.1. The van der Waals surface area contributed by atoms with Crippen molar-refractivity contribution >= 4 is 17.2 Å². The van der Waals surface area contributed by atoms with Crippen molar-refractivity contribution in [1.29, 1.82) is 0 Å². The second-order valence-corrected chi connectivity index (χ2v) is 5.62. The number of ether oxygens (including phenoxy) is 3. The first-order valence-corrected chi connectivity index (χ1v) is 7.81. The van der Waals surface area contributed by atoms with Gasteiger partial charge in [-0.2, -0.15) is 0 Å². The summed E-state index contributed by atoms with van der Waals surface area (Å²) in [5.41, 5.74) is 5.68. The molecular weight excluding hydrogens is 276 g/mol. The molecule has 118 valence electrons. The summed E-state index contributed by atoms with van der Waals surface area (Å²) in [5, 5.41) is 0. The monoisotopic (exact) mass is 304 g/mol. The average Bonchev–Trinajstić information content (AvgIpc) is 2.94. The zero-order chi connectivity index (χ0) is 14.6. The molecule has 0 heterocycles. The van der Waals surface area contributed by atoms with E-state index in [0.717, 1.165) is 6.54 Å². The van der Waals surface area contributed by atoms with Gasteiger partial charge < -0.3 is 19.9 Å². The molecule has 0 atom stereocenters. The fraction of sp³-hybridized carbons (Fsp3) is 0.929. The fourth-order valence-electron chi connectivity index (χ4n) is 2.51. The average molecular weight is 304 g/mol. The van der Waals surface area contributed by atoms with Crippen LogP contribution in [-0.4, -0.2) is 69.2 Å². The molecule has 0 aromatic heterocycles. The zero-order valence-corrected chi connectivity index (χ0v) is 13.3. The van der Waals surface area contributed by atoms with Gasteiger partial charge in [-0.15, -0.1) is 0 Å². The van der Waals surface area contributed by atoms with Crippen molar-refractivity contribution in [3.63, 3.8) is 0 Å². The Hall–Kier alpha value is -0.270. The van der Waals surface area contributed by atoms with Crippen molar-refractivity contribution in [2.45, 2.75) is 31.7 Å². The molecule has 1 aliphatic rings. The van der Waals surface area contributed by atoms with Crippen molar-refractivity contribution in [3.8, 4) is 0 Å². The summed E-state index contributed by atoms with van der Waals surface area (Å²) in [6, 6.07) is 0.623. The second kappa shape index (κ2) is 11.4. The zero-order valence-electron chi connectivity index (χ0n) is 12.5. The molecule has 0 aromatic rings. The van der Waals surface area contributed by atoms with E-state index >= 15 is 0 Å². The third kappa shape index (κ3) is 8.11. The number of rotatable bonds is 12. The van der Waals surface area contributed by atoms with E-state index in [1.54, 1.807) is 7.11 Å². The second-order valence-electron chi connectivity index (χ2n) is 5.09. The van der Waals surface area contributed by atoms with Gasteiger partial charge in [0, 0.05) is 26.2 Å². The first-order chi connectivity index (χ1) is 9.74. The van der Waals surface area contributed by atoms with Crippen LogP contribution in [0.3, 0.4) is 0 Å². The van der Waals surface area contributed by atoms with Crippen LogP contribution in [0.1, 0.15) is 25.7 Å². The molecule has 6 heteroatoms. The number of hydrogen-bond acceptors (Lipinski definition) is 5. The molecule has 0 saturated heterocycles. The molecule has 20 heavy (non-hydrogen) atoms. The topological polar surface area (TPSA) is 57.0 Å². The Kier molecular flexibility index (Phi) is 10.1. The molecular formula is C14H28N2O3S.